The minimum absolute atomic E-state index is 0.0546. The first-order valence-corrected chi connectivity index (χ1v) is 7.24. The lowest BCUT2D eigenvalue weighted by Gasteiger charge is -2.07. The van der Waals surface area contributed by atoms with E-state index in [1.165, 1.54) is 36.4 Å². The van der Waals surface area contributed by atoms with Gasteiger partial charge in [0.1, 0.15) is 0 Å². The van der Waals surface area contributed by atoms with Crippen LogP contribution in [0.3, 0.4) is 0 Å². The quantitative estimate of drug-likeness (QED) is 0.767. The largest absolute Gasteiger partial charge is 0.478 e. The van der Waals surface area contributed by atoms with E-state index in [9.17, 15) is 22.8 Å². The number of rotatable bonds is 4. The second kappa shape index (κ2) is 7.40. The molecule has 4 nitrogen and oxygen atoms in total. The summed E-state index contributed by atoms with van der Waals surface area (Å²) in [4.78, 5) is 23.0. The van der Waals surface area contributed by atoms with Gasteiger partial charge in [-0.3, -0.25) is 4.79 Å². The zero-order chi connectivity index (χ0) is 18.6. The minimum Gasteiger partial charge on any atom is -0.478 e. The Morgan fingerprint density at radius 3 is 2.28 bits per heavy atom. The van der Waals surface area contributed by atoms with Gasteiger partial charge >= 0.3 is 12.1 Å². The normalized spacial score (nSPS) is 11.5. The van der Waals surface area contributed by atoms with Crippen molar-refractivity contribution >= 4 is 35.2 Å². The van der Waals surface area contributed by atoms with Gasteiger partial charge in [0.2, 0.25) is 5.91 Å². The fourth-order valence-corrected chi connectivity index (χ4v) is 2.10. The highest BCUT2D eigenvalue weighted by Gasteiger charge is 2.29. The van der Waals surface area contributed by atoms with Gasteiger partial charge in [-0.25, -0.2) is 4.79 Å². The molecule has 25 heavy (non-hydrogen) atoms. The van der Waals surface area contributed by atoms with Crippen LogP contribution in [0.2, 0.25) is 5.02 Å². The maximum atomic E-state index is 12.5. The van der Waals surface area contributed by atoms with E-state index in [4.69, 9.17) is 16.7 Å². The Morgan fingerprint density at radius 1 is 1.08 bits per heavy atom. The van der Waals surface area contributed by atoms with Gasteiger partial charge in [0.25, 0.3) is 0 Å². The summed E-state index contributed by atoms with van der Waals surface area (Å²) < 4.78 is 37.4. The maximum Gasteiger partial charge on any atom is 0.416 e. The van der Waals surface area contributed by atoms with Crippen LogP contribution in [-0.2, 0) is 11.0 Å². The van der Waals surface area contributed by atoms with E-state index in [0.717, 1.165) is 18.2 Å². The van der Waals surface area contributed by atoms with Crippen molar-refractivity contribution in [1.29, 1.82) is 0 Å². The van der Waals surface area contributed by atoms with Gasteiger partial charge < -0.3 is 10.4 Å². The van der Waals surface area contributed by atoms with Gasteiger partial charge in [-0.05, 0) is 42.0 Å². The first kappa shape index (κ1) is 18.5. The first-order valence-electron chi connectivity index (χ1n) is 6.86. The number of carboxylic acid groups (broad SMARTS) is 1. The number of hydrogen-bond donors (Lipinski definition) is 2. The Bertz CT molecular complexity index is 830. The summed E-state index contributed by atoms with van der Waals surface area (Å²) in [6.45, 7) is 0. The van der Waals surface area contributed by atoms with Gasteiger partial charge in [-0.1, -0.05) is 23.7 Å². The van der Waals surface area contributed by atoms with Crippen LogP contribution in [0.1, 0.15) is 21.5 Å². The molecule has 0 aliphatic carbocycles. The Balaban J connectivity index is 2.10. The fourth-order valence-electron chi connectivity index (χ4n) is 1.93. The standard InChI is InChI=1S/C17H11ClF3NO3/c18-12-6-7-14(13(9-12)16(24)25)22-15(23)8-3-10-1-4-11(5-2-10)17(19,20)21/h1-9H,(H,22,23)(H,24,25)/b8-3+. The number of amides is 1. The molecule has 1 amide bonds. The van der Waals surface area contributed by atoms with E-state index in [0.29, 0.717) is 5.56 Å². The van der Waals surface area contributed by atoms with Gasteiger partial charge in [-0.15, -0.1) is 0 Å². The molecule has 2 N–H and O–H groups in total. The van der Waals surface area contributed by atoms with Gasteiger partial charge in [0.05, 0.1) is 16.8 Å². The van der Waals surface area contributed by atoms with Crippen molar-refractivity contribution in [2.75, 3.05) is 5.32 Å². The van der Waals surface area contributed by atoms with Crippen molar-refractivity contribution in [3.8, 4) is 0 Å². The number of halogens is 4. The Hall–Kier alpha value is -2.80. The highest BCUT2D eigenvalue weighted by Crippen LogP contribution is 2.29. The number of carboxylic acids is 1. The van der Waals surface area contributed by atoms with Crippen LogP contribution in [-0.4, -0.2) is 17.0 Å². The summed E-state index contributed by atoms with van der Waals surface area (Å²) in [6.07, 6.45) is -2.03. The molecule has 0 saturated carbocycles. The van der Waals surface area contributed by atoms with Crippen molar-refractivity contribution in [3.05, 3.63) is 70.3 Å². The van der Waals surface area contributed by atoms with Crippen molar-refractivity contribution in [1.82, 2.24) is 0 Å². The molecule has 130 valence electrons. The molecule has 2 rings (SSSR count). The highest BCUT2D eigenvalue weighted by molar-refractivity contribution is 6.31. The second-order valence-corrected chi connectivity index (χ2v) is 5.37. The lowest BCUT2D eigenvalue weighted by atomic mass is 10.1. The smallest absolute Gasteiger partial charge is 0.416 e. The average molecular weight is 370 g/mol. The zero-order valence-corrected chi connectivity index (χ0v) is 13.2. The predicted octanol–water partition coefficient (Wildman–Crippen LogP) is 4.71. The Labute approximate surface area is 145 Å². The molecule has 0 aromatic heterocycles. The summed E-state index contributed by atoms with van der Waals surface area (Å²) in [5.41, 5.74) is -0.526. The summed E-state index contributed by atoms with van der Waals surface area (Å²) in [5, 5.41) is 11.7. The van der Waals surface area contributed by atoms with Crippen LogP contribution in [0.25, 0.3) is 6.08 Å². The molecule has 0 aliphatic rings. The van der Waals surface area contributed by atoms with Crippen LogP contribution >= 0.6 is 11.6 Å². The van der Waals surface area contributed by atoms with E-state index in [2.05, 4.69) is 5.32 Å². The second-order valence-electron chi connectivity index (χ2n) is 4.94. The molecule has 8 heteroatoms. The average Bonchev–Trinajstić information content (AvgIpc) is 2.54. The van der Waals surface area contributed by atoms with Crippen LogP contribution in [0.15, 0.2) is 48.5 Å². The number of anilines is 1. The molecule has 0 spiro atoms. The third kappa shape index (κ3) is 5.09. The third-order valence-corrected chi connectivity index (χ3v) is 3.37. The number of carbonyl (C=O) groups is 2. The number of carbonyl (C=O) groups excluding carboxylic acids is 1. The summed E-state index contributed by atoms with van der Waals surface area (Å²) in [7, 11) is 0. The third-order valence-electron chi connectivity index (χ3n) is 3.14. The SMILES string of the molecule is O=C(/C=C/c1ccc(C(F)(F)F)cc1)Nc1ccc(Cl)cc1C(=O)O. The summed E-state index contributed by atoms with van der Waals surface area (Å²) in [5.74, 6) is -1.89. The lowest BCUT2D eigenvalue weighted by molar-refractivity contribution is -0.137. The van der Waals surface area contributed by atoms with Crippen LogP contribution in [0.4, 0.5) is 18.9 Å². The van der Waals surface area contributed by atoms with Crippen molar-refractivity contribution in [2.45, 2.75) is 6.18 Å². The maximum absolute atomic E-state index is 12.5. The Morgan fingerprint density at radius 2 is 1.72 bits per heavy atom. The van der Waals surface area contributed by atoms with Crippen LogP contribution in [0.5, 0.6) is 0 Å². The first-order chi connectivity index (χ1) is 11.7. The zero-order valence-electron chi connectivity index (χ0n) is 12.5. The molecular weight excluding hydrogens is 359 g/mol. The molecule has 2 aromatic rings. The predicted molar refractivity (Wildman–Crippen MR) is 87.5 cm³/mol. The van der Waals surface area contributed by atoms with Crippen molar-refractivity contribution in [3.63, 3.8) is 0 Å². The summed E-state index contributed by atoms with van der Waals surface area (Å²) in [6, 6.07) is 8.20. The lowest BCUT2D eigenvalue weighted by Crippen LogP contribution is -2.12. The topological polar surface area (TPSA) is 66.4 Å². The van der Waals surface area contributed by atoms with E-state index in [-0.39, 0.29) is 16.3 Å². The number of aromatic carboxylic acids is 1. The van der Waals surface area contributed by atoms with E-state index in [1.54, 1.807) is 0 Å². The molecule has 0 saturated heterocycles. The number of hydrogen-bond acceptors (Lipinski definition) is 2. The molecule has 0 atom stereocenters. The van der Waals surface area contributed by atoms with E-state index >= 15 is 0 Å². The highest BCUT2D eigenvalue weighted by atomic mass is 35.5. The van der Waals surface area contributed by atoms with Gasteiger partial charge in [0, 0.05) is 11.1 Å². The molecule has 0 bridgehead atoms. The van der Waals surface area contributed by atoms with Gasteiger partial charge in [0.15, 0.2) is 0 Å². The molecule has 0 unspecified atom stereocenters. The molecule has 0 aliphatic heterocycles. The van der Waals surface area contributed by atoms with Crippen molar-refractivity contribution < 1.29 is 27.9 Å². The molecule has 2 aromatic carbocycles. The number of nitrogens with one attached hydrogen (secondary N) is 1. The number of alkyl halides is 3. The monoisotopic (exact) mass is 369 g/mol. The molecule has 0 heterocycles. The number of benzene rings is 2. The fraction of sp³-hybridized carbons (Fsp3) is 0.0588. The Kier molecular flexibility index (Phi) is 5.48. The van der Waals surface area contributed by atoms with Crippen LogP contribution < -0.4 is 5.32 Å². The van der Waals surface area contributed by atoms with Crippen molar-refractivity contribution in [2.24, 2.45) is 0 Å². The molecule has 0 radical (unpaired) electrons. The minimum atomic E-state index is -4.43. The summed E-state index contributed by atoms with van der Waals surface area (Å²) >= 11 is 5.71. The molecular formula is C17H11ClF3NO3. The molecule has 0 fully saturated rings. The van der Waals surface area contributed by atoms with Gasteiger partial charge in [-0.2, -0.15) is 13.2 Å². The van der Waals surface area contributed by atoms with E-state index < -0.39 is 23.6 Å². The van der Waals surface area contributed by atoms with E-state index in [1.807, 2.05) is 0 Å². The van der Waals surface area contributed by atoms with Crippen LogP contribution in [0, 0.1) is 0 Å².